The van der Waals surface area contributed by atoms with Crippen molar-refractivity contribution in [2.75, 3.05) is 0 Å². The Labute approximate surface area is 86.6 Å². The lowest BCUT2D eigenvalue weighted by atomic mass is 9.74. The van der Waals surface area contributed by atoms with Crippen molar-refractivity contribution in [3.05, 3.63) is 0 Å². The molecule has 1 fully saturated rings. The van der Waals surface area contributed by atoms with E-state index >= 15 is 0 Å². The van der Waals surface area contributed by atoms with E-state index in [0.29, 0.717) is 6.04 Å². The molecule has 1 aliphatic rings. The van der Waals surface area contributed by atoms with Crippen molar-refractivity contribution in [3.63, 3.8) is 0 Å². The second-order valence-electron chi connectivity index (χ2n) is 4.61. The first-order chi connectivity index (χ1) is 6.15. The number of thiocarbonyl (C=S) groups is 1. The van der Waals surface area contributed by atoms with Gasteiger partial charge in [0.25, 0.3) is 0 Å². The summed E-state index contributed by atoms with van der Waals surface area (Å²) < 4.78 is 0. The lowest BCUT2D eigenvalue weighted by molar-refractivity contribution is 0.201. The lowest BCUT2D eigenvalue weighted by Crippen LogP contribution is -2.30. The first-order valence-corrected chi connectivity index (χ1v) is 5.63. The van der Waals surface area contributed by atoms with Crippen molar-refractivity contribution in [2.45, 2.75) is 46.1 Å². The highest BCUT2D eigenvalue weighted by atomic mass is 32.1. The van der Waals surface area contributed by atoms with E-state index in [2.05, 4.69) is 30.9 Å². The Bertz CT molecular complexity index is 206. The van der Waals surface area contributed by atoms with Crippen LogP contribution in [0.4, 0.5) is 0 Å². The van der Waals surface area contributed by atoms with Gasteiger partial charge in [-0.2, -0.15) is 0 Å². The van der Waals surface area contributed by atoms with Crippen LogP contribution in [0.5, 0.6) is 0 Å². The van der Waals surface area contributed by atoms with E-state index in [4.69, 9.17) is 12.2 Å². The topological polar surface area (TPSA) is 12.4 Å². The van der Waals surface area contributed by atoms with E-state index in [1.54, 1.807) is 0 Å². The monoisotopic (exact) mass is 197 g/mol. The molecule has 0 heterocycles. The van der Waals surface area contributed by atoms with Gasteiger partial charge < -0.3 is 0 Å². The van der Waals surface area contributed by atoms with Crippen LogP contribution in [0.1, 0.15) is 40.0 Å². The quantitative estimate of drug-likeness (QED) is 0.487. The van der Waals surface area contributed by atoms with E-state index in [9.17, 15) is 0 Å². The Morgan fingerprint density at radius 3 is 2.62 bits per heavy atom. The predicted molar refractivity (Wildman–Crippen MR) is 60.2 cm³/mol. The van der Waals surface area contributed by atoms with Crippen molar-refractivity contribution in [1.29, 1.82) is 0 Å². The van der Waals surface area contributed by atoms with Gasteiger partial charge >= 0.3 is 0 Å². The van der Waals surface area contributed by atoms with Crippen LogP contribution < -0.4 is 0 Å². The van der Waals surface area contributed by atoms with Gasteiger partial charge in [0.2, 0.25) is 0 Å². The van der Waals surface area contributed by atoms with Crippen molar-refractivity contribution in [1.82, 2.24) is 0 Å². The SMILES string of the molecule is CC1CCC(C(C)C)C(N=C=S)C1. The van der Waals surface area contributed by atoms with Crippen LogP contribution in [0.25, 0.3) is 0 Å². The number of hydrogen-bond donors (Lipinski definition) is 0. The molecule has 74 valence electrons. The summed E-state index contributed by atoms with van der Waals surface area (Å²) in [4.78, 5) is 4.30. The van der Waals surface area contributed by atoms with Crippen LogP contribution in [-0.2, 0) is 0 Å². The third-order valence-corrected chi connectivity index (χ3v) is 3.31. The van der Waals surface area contributed by atoms with Crippen LogP contribution >= 0.6 is 12.2 Å². The maximum Gasteiger partial charge on any atom is 0.0635 e. The number of rotatable bonds is 2. The molecule has 1 saturated carbocycles. The Morgan fingerprint density at radius 1 is 1.38 bits per heavy atom. The zero-order chi connectivity index (χ0) is 9.84. The van der Waals surface area contributed by atoms with Crippen molar-refractivity contribution >= 4 is 17.4 Å². The summed E-state index contributed by atoms with van der Waals surface area (Å²) in [5.74, 6) is 2.27. The van der Waals surface area contributed by atoms with Gasteiger partial charge in [-0.05, 0) is 42.8 Å². The Morgan fingerprint density at radius 2 is 2.08 bits per heavy atom. The van der Waals surface area contributed by atoms with Crippen LogP contribution in [0, 0.1) is 17.8 Å². The fourth-order valence-electron chi connectivity index (χ4n) is 2.37. The molecule has 0 saturated heterocycles. The lowest BCUT2D eigenvalue weighted by Gasteiger charge is -2.34. The third kappa shape index (κ3) is 2.89. The molecule has 0 aliphatic heterocycles. The molecule has 1 aliphatic carbocycles. The molecule has 1 nitrogen and oxygen atoms in total. The van der Waals surface area contributed by atoms with Gasteiger partial charge in [-0.1, -0.05) is 27.2 Å². The van der Waals surface area contributed by atoms with Crippen molar-refractivity contribution in [3.8, 4) is 0 Å². The maximum atomic E-state index is 4.69. The molecule has 1 rings (SSSR count). The highest BCUT2D eigenvalue weighted by Gasteiger charge is 2.29. The summed E-state index contributed by atoms with van der Waals surface area (Å²) >= 11 is 4.69. The molecule has 2 heteroatoms. The van der Waals surface area contributed by atoms with Gasteiger partial charge in [0, 0.05) is 0 Å². The van der Waals surface area contributed by atoms with E-state index < -0.39 is 0 Å². The molecule has 13 heavy (non-hydrogen) atoms. The Kier molecular flexibility index (Phi) is 4.08. The van der Waals surface area contributed by atoms with E-state index in [-0.39, 0.29) is 0 Å². The highest BCUT2D eigenvalue weighted by molar-refractivity contribution is 7.78. The van der Waals surface area contributed by atoms with Gasteiger partial charge in [-0.3, -0.25) is 0 Å². The Balaban J connectivity index is 2.65. The second-order valence-corrected chi connectivity index (χ2v) is 4.80. The summed E-state index contributed by atoms with van der Waals surface area (Å²) in [5.41, 5.74) is 0. The first-order valence-electron chi connectivity index (χ1n) is 5.22. The van der Waals surface area contributed by atoms with E-state index in [1.807, 2.05) is 0 Å². The molecule has 0 bridgehead atoms. The summed E-state index contributed by atoms with van der Waals surface area (Å²) in [6.45, 7) is 6.88. The molecule has 0 aromatic heterocycles. The van der Waals surface area contributed by atoms with Crippen LogP contribution in [-0.4, -0.2) is 11.2 Å². The molecule has 0 radical (unpaired) electrons. The van der Waals surface area contributed by atoms with E-state index in [1.165, 1.54) is 19.3 Å². The van der Waals surface area contributed by atoms with Gasteiger partial charge in [0.05, 0.1) is 11.2 Å². The maximum absolute atomic E-state index is 4.69. The standard InChI is InChI=1S/C11H19NS/c1-8(2)10-5-4-9(3)6-11(10)12-7-13/h8-11H,4-6H2,1-3H3. The Hall–Kier alpha value is -0.200. The first kappa shape index (κ1) is 10.9. The van der Waals surface area contributed by atoms with Crippen LogP contribution in [0.15, 0.2) is 4.99 Å². The number of aliphatic imine (C=N–C) groups is 1. The summed E-state index contributed by atoms with van der Waals surface area (Å²) in [7, 11) is 0. The van der Waals surface area contributed by atoms with Gasteiger partial charge in [-0.15, -0.1) is 0 Å². The van der Waals surface area contributed by atoms with Crippen molar-refractivity contribution in [2.24, 2.45) is 22.7 Å². The fraction of sp³-hybridized carbons (Fsp3) is 0.909. The minimum atomic E-state index is 0.446. The highest BCUT2D eigenvalue weighted by Crippen LogP contribution is 2.34. The summed E-state index contributed by atoms with van der Waals surface area (Å²) in [6, 6.07) is 0.446. The smallest absolute Gasteiger partial charge is 0.0635 e. The normalized spacial score (nSPS) is 34.3. The molecule has 0 spiro atoms. The molecule has 3 atom stereocenters. The summed E-state index contributed by atoms with van der Waals surface area (Å²) in [6.07, 6.45) is 3.86. The molecule has 3 unspecified atom stereocenters. The minimum absolute atomic E-state index is 0.446. The summed E-state index contributed by atoms with van der Waals surface area (Å²) in [5, 5.41) is 2.55. The van der Waals surface area contributed by atoms with Crippen LogP contribution in [0.2, 0.25) is 0 Å². The number of hydrogen-bond acceptors (Lipinski definition) is 2. The minimum Gasteiger partial charge on any atom is -0.229 e. The van der Waals surface area contributed by atoms with Crippen molar-refractivity contribution < 1.29 is 0 Å². The third-order valence-electron chi connectivity index (χ3n) is 3.21. The zero-order valence-electron chi connectivity index (χ0n) is 8.79. The molecule has 0 aromatic carbocycles. The predicted octanol–water partition coefficient (Wildman–Crippen LogP) is 3.55. The van der Waals surface area contributed by atoms with Gasteiger partial charge in [-0.25, -0.2) is 4.99 Å². The molecule has 0 N–H and O–H groups in total. The second kappa shape index (κ2) is 4.88. The number of nitrogens with zero attached hydrogens (tertiary/aromatic N) is 1. The average Bonchev–Trinajstić information content (AvgIpc) is 2.04. The van der Waals surface area contributed by atoms with Gasteiger partial charge in [0.15, 0.2) is 0 Å². The largest absolute Gasteiger partial charge is 0.229 e. The molecular formula is C11H19NS. The molecule has 0 amide bonds. The zero-order valence-corrected chi connectivity index (χ0v) is 9.60. The number of isothiocyanates is 1. The van der Waals surface area contributed by atoms with Crippen LogP contribution in [0.3, 0.4) is 0 Å². The molecular weight excluding hydrogens is 178 g/mol. The fourth-order valence-corrected chi connectivity index (χ4v) is 2.50. The van der Waals surface area contributed by atoms with Gasteiger partial charge in [0.1, 0.15) is 0 Å². The van der Waals surface area contributed by atoms with E-state index in [0.717, 1.165) is 17.8 Å². The molecule has 0 aromatic rings. The average molecular weight is 197 g/mol.